The maximum Gasteiger partial charge on any atom is 0.322 e. The molecule has 0 unspecified atom stereocenters. The normalized spacial score (nSPS) is 19.1. The molecule has 0 spiro atoms. The Bertz CT molecular complexity index is 1520. The molecule has 0 bridgehead atoms. The molecule has 4 aromatic rings. The van der Waals surface area contributed by atoms with E-state index in [0.717, 1.165) is 11.1 Å². The van der Waals surface area contributed by atoms with Crippen LogP contribution in [0.15, 0.2) is 59.5 Å². The number of imide groups is 1. The number of aromatic nitrogens is 3. The summed E-state index contributed by atoms with van der Waals surface area (Å²) in [6.07, 6.45) is 4.71. The number of methoxy groups -OCH3 is 1. The smallest absolute Gasteiger partial charge is 0.322 e. The summed E-state index contributed by atoms with van der Waals surface area (Å²) in [6.45, 7) is 0.152. The highest BCUT2D eigenvalue weighted by Gasteiger charge is 2.53. The molecule has 5 heterocycles. The predicted octanol–water partition coefficient (Wildman–Crippen LogP) is 1.98. The topological polar surface area (TPSA) is 140 Å². The molecule has 2 N–H and O–H groups in total. The van der Waals surface area contributed by atoms with E-state index >= 15 is 0 Å². The van der Waals surface area contributed by atoms with Crippen LogP contribution in [0.5, 0.6) is 5.75 Å². The molecule has 0 radical (unpaired) electrons. The number of hydrogen-bond donors (Lipinski definition) is 2. The number of pyridine rings is 1. The first-order valence-corrected chi connectivity index (χ1v) is 10.7. The van der Waals surface area contributed by atoms with Crippen LogP contribution in [0.1, 0.15) is 21.7 Å². The number of hydrogen-bond acceptors (Lipinski definition) is 8. The summed E-state index contributed by atoms with van der Waals surface area (Å²) in [5, 5.41) is 4.95. The molecule has 35 heavy (non-hydrogen) atoms. The van der Waals surface area contributed by atoms with Gasteiger partial charge in [0.25, 0.3) is 11.8 Å². The van der Waals surface area contributed by atoms with Crippen LogP contribution in [0.2, 0.25) is 0 Å². The average molecular weight is 470 g/mol. The number of amides is 4. The zero-order valence-corrected chi connectivity index (χ0v) is 18.4. The lowest BCUT2D eigenvalue weighted by atomic mass is 9.95. The van der Waals surface area contributed by atoms with Crippen molar-refractivity contribution in [2.75, 3.05) is 13.7 Å². The first-order valence-electron chi connectivity index (χ1n) is 10.7. The van der Waals surface area contributed by atoms with Gasteiger partial charge in [-0.1, -0.05) is 6.07 Å². The van der Waals surface area contributed by atoms with Gasteiger partial charge in [0.2, 0.25) is 0 Å². The van der Waals surface area contributed by atoms with Crippen LogP contribution in [0.4, 0.5) is 4.79 Å². The van der Waals surface area contributed by atoms with Gasteiger partial charge in [-0.25, -0.2) is 19.7 Å². The Labute approximate surface area is 198 Å². The van der Waals surface area contributed by atoms with E-state index in [0.29, 0.717) is 28.1 Å². The number of nitrogens with zero attached hydrogens (tertiary/aromatic N) is 4. The van der Waals surface area contributed by atoms with Crippen molar-refractivity contribution < 1.29 is 23.5 Å². The minimum Gasteiger partial charge on any atom is -0.497 e. The summed E-state index contributed by atoms with van der Waals surface area (Å²) in [6, 6.07) is 9.66. The van der Waals surface area contributed by atoms with Crippen LogP contribution in [-0.2, 0) is 16.9 Å². The van der Waals surface area contributed by atoms with Crippen LogP contribution in [0, 0.1) is 0 Å². The van der Waals surface area contributed by atoms with Crippen molar-refractivity contribution in [2.45, 2.75) is 12.1 Å². The third-order valence-electron chi connectivity index (χ3n) is 6.22. The van der Waals surface area contributed by atoms with Gasteiger partial charge in [-0.2, -0.15) is 0 Å². The van der Waals surface area contributed by atoms with Crippen molar-refractivity contribution in [3.63, 3.8) is 0 Å². The Morgan fingerprint density at radius 1 is 1.11 bits per heavy atom. The summed E-state index contributed by atoms with van der Waals surface area (Å²) in [5.74, 6) is -0.151. The van der Waals surface area contributed by atoms with Gasteiger partial charge in [-0.3, -0.25) is 14.9 Å². The number of carbonyl (C=O) groups is 3. The second-order valence-corrected chi connectivity index (χ2v) is 8.32. The lowest BCUT2D eigenvalue weighted by Crippen LogP contribution is -2.52. The molecule has 174 valence electrons. The Balaban J connectivity index is 1.38. The molecule has 0 aliphatic carbocycles. The molecular weight excluding hydrogens is 452 g/mol. The fraction of sp³-hybridized carbons (Fsp3) is 0.167. The Morgan fingerprint density at radius 2 is 1.94 bits per heavy atom. The van der Waals surface area contributed by atoms with Crippen molar-refractivity contribution in [1.82, 2.24) is 30.5 Å². The average Bonchev–Trinajstić information content (AvgIpc) is 3.53. The molecule has 2 aliphatic rings. The molecule has 11 nitrogen and oxygen atoms in total. The number of urea groups is 1. The molecule has 4 amide bonds. The van der Waals surface area contributed by atoms with Gasteiger partial charge >= 0.3 is 6.03 Å². The van der Waals surface area contributed by atoms with E-state index in [4.69, 9.17) is 9.15 Å². The fourth-order valence-corrected chi connectivity index (χ4v) is 4.46. The predicted molar refractivity (Wildman–Crippen MR) is 121 cm³/mol. The Kier molecular flexibility index (Phi) is 4.53. The van der Waals surface area contributed by atoms with Crippen molar-refractivity contribution in [3.05, 3.63) is 72.0 Å². The van der Waals surface area contributed by atoms with Crippen molar-refractivity contribution in [1.29, 1.82) is 0 Å². The van der Waals surface area contributed by atoms with Crippen LogP contribution in [0.25, 0.3) is 22.4 Å². The number of carbonyl (C=O) groups excluding carboxylic acids is 3. The van der Waals surface area contributed by atoms with Gasteiger partial charge < -0.3 is 19.4 Å². The standard InChI is InChI=1S/C24H18N6O5/c1-34-15-3-2-13-10-30(21(31)16(13)6-15)11-24(22(32)28-23(33)29-24)20-7-18-19(35-20)5-4-17(27-18)14-8-25-12-26-9-14/h2-9,12H,10-11H2,1H3,(H2,28,29,32,33)/t24-/m0/s1. The molecular formula is C24H18N6O5. The number of ether oxygens (including phenoxy) is 1. The third-order valence-corrected chi connectivity index (χ3v) is 6.22. The van der Waals surface area contributed by atoms with Crippen LogP contribution < -0.4 is 15.4 Å². The second-order valence-electron chi connectivity index (χ2n) is 8.32. The highest BCUT2D eigenvalue weighted by molar-refractivity contribution is 6.08. The molecule has 2 aliphatic heterocycles. The van der Waals surface area contributed by atoms with Gasteiger partial charge in [0.15, 0.2) is 11.1 Å². The zero-order chi connectivity index (χ0) is 24.2. The number of nitrogens with one attached hydrogen (secondary N) is 2. The Hall–Kier alpha value is -4.80. The zero-order valence-electron chi connectivity index (χ0n) is 18.4. The maximum absolute atomic E-state index is 13.2. The number of furan rings is 1. The summed E-state index contributed by atoms with van der Waals surface area (Å²) >= 11 is 0. The minimum absolute atomic E-state index is 0.125. The summed E-state index contributed by atoms with van der Waals surface area (Å²) in [4.78, 5) is 52.6. The summed E-state index contributed by atoms with van der Waals surface area (Å²) in [5.41, 5.74) is 1.93. The van der Waals surface area contributed by atoms with E-state index < -0.39 is 17.5 Å². The van der Waals surface area contributed by atoms with Gasteiger partial charge in [-0.05, 0) is 29.8 Å². The fourth-order valence-electron chi connectivity index (χ4n) is 4.46. The molecule has 3 aromatic heterocycles. The second kappa shape index (κ2) is 7.62. The van der Waals surface area contributed by atoms with Gasteiger partial charge in [0.1, 0.15) is 23.4 Å². The van der Waals surface area contributed by atoms with E-state index in [1.54, 1.807) is 42.7 Å². The van der Waals surface area contributed by atoms with Crippen LogP contribution in [0.3, 0.4) is 0 Å². The molecule has 0 saturated carbocycles. The van der Waals surface area contributed by atoms with Gasteiger partial charge in [-0.15, -0.1) is 0 Å². The number of fused-ring (bicyclic) bond motifs is 2. The minimum atomic E-state index is -1.62. The van der Waals surface area contributed by atoms with E-state index in [9.17, 15) is 14.4 Å². The Morgan fingerprint density at radius 3 is 2.69 bits per heavy atom. The highest BCUT2D eigenvalue weighted by Crippen LogP contribution is 2.35. The van der Waals surface area contributed by atoms with E-state index in [-0.39, 0.29) is 24.8 Å². The molecule has 11 heteroatoms. The van der Waals surface area contributed by atoms with E-state index in [2.05, 4.69) is 25.6 Å². The number of rotatable bonds is 5. The van der Waals surface area contributed by atoms with Crippen molar-refractivity contribution >= 4 is 28.9 Å². The van der Waals surface area contributed by atoms with Crippen molar-refractivity contribution in [3.8, 4) is 17.0 Å². The van der Waals surface area contributed by atoms with Crippen LogP contribution >= 0.6 is 0 Å². The van der Waals surface area contributed by atoms with E-state index in [1.165, 1.54) is 18.3 Å². The largest absolute Gasteiger partial charge is 0.497 e. The first-order chi connectivity index (χ1) is 17.0. The molecule has 1 aromatic carbocycles. The maximum atomic E-state index is 13.2. The summed E-state index contributed by atoms with van der Waals surface area (Å²) in [7, 11) is 1.53. The molecule has 1 atom stereocenters. The quantitative estimate of drug-likeness (QED) is 0.422. The lowest BCUT2D eigenvalue weighted by molar-refractivity contribution is -0.125. The molecule has 1 fully saturated rings. The summed E-state index contributed by atoms with van der Waals surface area (Å²) < 4.78 is 11.2. The lowest BCUT2D eigenvalue weighted by Gasteiger charge is -2.28. The van der Waals surface area contributed by atoms with Crippen molar-refractivity contribution in [2.24, 2.45) is 0 Å². The third kappa shape index (κ3) is 3.28. The molecule has 6 rings (SSSR count). The SMILES string of the molecule is COc1ccc2c(c1)C(=O)N(C[C@@]1(c3cc4nc(-c5cncnc5)ccc4o3)NC(=O)NC1=O)C2. The monoisotopic (exact) mass is 470 g/mol. The van der Waals surface area contributed by atoms with Gasteiger partial charge in [0.05, 0.1) is 19.3 Å². The van der Waals surface area contributed by atoms with Crippen LogP contribution in [-0.4, -0.2) is 51.4 Å². The van der Waals surface area contributed by atoms with E-state index in [1.807, 2.05) is 6.07 Å². The van der Waals surface area contributed by atoms with Gasteiger partial charge in [0, 0.05) is 36.1 Å². The first kappa shape index (κ1) is 20.8. The molecule has 1 saturated heterocycles. The highest BCUT2D eigenvalue weighted by atomic mass is 16.5. The number of benzene rings is 1.